The summed E-state index contributed by atoms with van der Waals surface area (Å²) < 4.78 is 7.27. The SMILES string of the molecule is Cc1nnc(COc2ccccc2C(=O)O)n1C. The highest BCUT2D eigenvalue weighted by Gasteiger charge is 2.11. The summed E-state index contributed by atoms with van der Waals surface area (Å²) in [5, 5.41) is 16.9. The standard InChI is InChI=1S/C12H13N3O3/c1-8-13-14-11(15(8)2)7-18-10-6-4-3-5-9(10)12(16)17/h3-6H,7H2,1-2H3,(H,16,17). The predicted octanol–water partition coefficient (Wildman–Crippen LogP) is 1.40. The largest absolute Gasteiger partial charge is 0.485 e. The second kappa shape index (κ2) is 4.87. The van der Waals surface area contributed by atoms with Crippen LogP contribution < -0.4 is 4.74 Å². The lowest BCUT2D eigenvalue weighted by Gasteiger charge is -2.08. The Labute approximate surface area is 104 Å². The molecule has 0 fully saturated rings. The van der Waals surface area contributed by atoms with Crippen molar-refractivity contribution in [1.82, 2.24) is 14.8 Å². The molecule has 6 heteroatoms. The van der Waals surface area contributed by atoms with Crippen molar-refractivity contribution in [3.05, 3.63) is 41.5 Å². The molecule has 94 valence electrons. The fraction of sp³-hybridized carbons (Fsp3) is 0.250. The summed E-state index contributed by atoms with van der Waals surface area (Å²) >= 11 is 0. The molecule has 0 aliphatic carbocycles. The lowest BCUT2D eigenvalue weighted by molar-refractivity contribution is 0.0691. The van der Waals surface area contributed by atoms with Gasteiger partial charge in [0.2, 0.25) is 0 Å². The minimum Gasteiger partial charge on any atom is -0.485 e. The maximum atomic E-state index is 11.0. The zero-order chi connectivity index (χ0) is 13.1. The van der Waals surface area contributed by atoms with E-state index in [-0.39, 0.29) is 12.2 Å². The van der Waals surface area contributed by atoms with Gasteiger partial charge in [-0.25, -0.2) is 4.79 Å². The third-order valence-corrected chi connectivity index (χ3v) is 2.66. The van der Waals surface area contributed by atoms with Crippen LogP contribution in [0.2, 0.25) is 0 Å². The van der Waals surface area contributed by atoms with Crippen LogP contribution in [0.3, 0.4) is 0 Å². The van der Waals surface area contributed by atoms with E-state index in [4.69, 9.17) is 9.84 Å². The fourth-order valence-electron chi connectivity index (χ4n) is 1.49. The maximum absolute atomic E-state index is 11.0. The van der Waals surface area contributed by atoms with E-state index in [1.165, 1.54) is 6.07 Å². The zero-order valence-corrected chi connectivity index (χ0v) is 10.1. The summed E-state index contributed by atoms with van der Waals surface area (Å²) in [7, 11) is 1.83. The molecule has 18 heavy (non-hydrogen) atoms. The highest BCUT2D eigenvalue weighted by molar-refractivity contribution is 5.90. The van der Waals surface area contributed by atoms with E-state index in [2.05, 4.69) is 10.2 Å². The molecule has 1 aromatic carbocycles. The first-order valence-corrected chi connectivity index (χ1v) is 5.39. The minimum absolute atomic E-state index is 0.136. The summed E-state index contributed by atoms with van der Waals surface area (Å²) in [5.41, 5.74) is 0.136. The van der Waals surface area contributed by atoms with Gasteiger partial charge < -0.3 is 14.4 Å². The molecule has 0 aliphatic heterocycles. The lowest BCUT2D eigenvalue weighted by atomic mass is 10.2. The van der Waals surface area contributed by atoms with Crippen LogP contribution >= 0.6 is 0 Å². The molecule has 1 aromatic heterocycles. The molecule has 0 aliphatic rings. The second-order valence-electron chi connectivity index (χ2n) is 3.81. The van der Waals surface area contributed by atoms with Gasteiger partial charge in [-0.3, -0.25) is 0 Å². The number of hydrogen-bond donors (Lipinski definition) is 1. The Balaban J connectivity index is 2.16. The number of aryl methyl sites for hydroxylation is 1. The minimum atomic E-state index is -1.01. The number of carbonyl (C=O) groups is 1. The predicted molar refractivity (Wildman–Crippen MR) is 63.5 cm³/mol. The molecule has 2 aromatic rings. The normalized spacial score (nSPS) is 10.3. The lowest BCUT2D eigenvalue weighted by Crippen LogP contribution is -2.07. The molecular weight excluding hydrogens is 234 g/mol. The van der Waals surface area contributed by atoms with Gasteiger partial charge in [-0.15, -0.1) is 10.2 Å². The van der Waals surface area contributed by atoms with Gasteiger partial charge in [-0.1, -0.05) is 12.1 Å². The van der Waals surface area contributed by atoms with Crippen LogP contribution in [-0.2, 0) is 13.7 Å². The smallest absolute Gasteiger partial charge is 0.339 e. The highest BCUT2D eigenvalue weighted by Crippen LogP contribution is 2.18. The average Bonchev–Trinajstić information content (AvgIpc) is 2.68. The average molecular weight is 247 g/mol. The molecular formula is C12H13N3O3. The van der Waals surface area contributed by atoms with Crippen molar-refractivity contribution in [2.75, 3.05) is 0 Å². The number of aromatic nitrogens is 3. The maximum Gasteiger partial charge on any atom is 0.339 e. The zero-order valence-electron chi connectivity index (χ0n) is 10.1. The van der Waals surface area contributed by atoms with Crippen molar-refractivity contribution in [2.45, 2.75) is 13.5 Å². The van der Waals surface area contributed by atoms with Crippen LogP contribution in [0, 0.1) is 6.92 Å². The van der Waals surface area contributed by atoms with Gasteiger partial charge >= 0.3 is 5.97 Å². The molecule has 0 saturated heterocycles. The Hall–Kier alpha value is -2.37. The van der Waals surface area contributed by atoms with Gasteiger partial charge in [0.25, 0.3) is 0 Å². The van der Waals surface area contributed by atoms with Crippen LogP contribution in [0.25, 0.3) is 0 Å². The molecule has 0 atom stereocenters. The van der Waals surface area contributed by atoms with Gasteiger partial charge in [0, 0.05) is 7.05 Å². The third kappa shape index (κ3) is 2.32. The van der Waals surface area contributed by atoms with Crippen LogP contribution in [0.1, 0.15) is 22.0 Å². The first-order valence-electron chi connectivity index (χ1n) is 5.39. The summed E-state index contributed by atoms with van der Waals surface area (Å²) in [6.07, 6.45) is 0. The van der Waals surface area contributed by atoms with Crippen molar-refractivity contribution >= 4 is 5.97 Å². The third-order valence-electron chi connectivity index (χ3n) is 2.66. The number of ether oxygens (including phenoxy) is 1. The highest BCUT2D eigenvalue weighted by atomic mass is 16.5. The van der Waals surface area contributed by atoms with E-state index in [9.17, 15) is 4.79 Å². The van der Waals surface area contributed by atoms with Gasteiger partial charge in [0.1, 0.15) is 23.7 Å². The molecule has 0 amide bonds. The quantitative estimate of drug-likeness (QED) is 0.883. The number of carboxylic acids is 1. The van der Waals surface area contributed by atoms with E-state index in [1.807, 2.05) is 14.0 Å². The molecule has 1 heterocycles. The van der Waals surface area contributed by atoms with Crippen LogP contribution in [0.4, 0.5) is 0 Å². The molecule has 0 unspecified atom stereocenters. The van der Waals surface area contributed by atoms with Crippen LogP contribution in [0.5, 0.6) is 5.75 Å². The van der Waals surface area contributed by atoms with Gasteiger partial charge in [0.15, 0.2) is 5.82 Å². The molecule has 0 radical (unpaired) electrons. The van der Waals surface area contributed by atoms with Crippen molar-refractivity contribution in [2.24, 2.45) is 7.05 Å². The van der Waals surface area contributed by atoms with Crippen molar-refractivity contribution in [3.8, 4) is 5.75 Å². The van der Waals surface area contributed by atoms with E-state index in [0.717, 1.165) is 5.82 Å². The molecule has 0 bridgehead atoms. The Morgan fingerprint density at radius 2 is 2.11 bits per heavy atom. The van der Waals surface area contributed by atoms with Gasteiger partial charge in [-0.05, 0) is 19.1 Å². The Kier molecular flexibility index (Phi) is 3.27. The van der Waals surface area contributed by atoms with E-state index < -0.39 is 5.97 Å². The molecule has 0 spiro atoms. The number of para-hydroxylation sites is 1. The van der Waals surface area contributed by atoms with Gasteiger partial charge in [-0.2, -0.15) is 0 Å². The Bertz CT molecular complexity index is 578. The summed E-state index contributed by atoms with van der Waals surface area (Å²) in [6, 6.07) is 6.50. The monoisotopic (exact) mass is 247 g/mol. The van der Waals surface area contributed by atoms with E-state index in [1.54, 1.807) is 22.8 Å². The molecule has 0 saturated carbocycles. The van der Waals surface area contributed by atoms with Crippen LogP contribution in [0.15, 0.2) is 24.3 Å². The molecule has 2 rings (SSSR count). The number of carboxylic acid groups (broad SMARTS) is 1. The summed E-state index contributed by atoms with van der Waals surface area (Å²) in [5.74, 6) is 0.734. The number of nitrogens with zero attached hydrogens (tertiary/aromatic N) is 3. The number of hydrogen-bond acceptors (Lipinski definition) is 4. The number of rotatable bonds is 4. The fourth-order valence-corrected chi connectivity index (χ4v) is 1.49. The number of aromatic carboxylic acids is 1. The van der Waals surface area contributed by atoms with Crippen molar-refractivity contribution in [3.63, 3.8) is 0 Å². The first kappa shape index (κ1) is 12.1. The van der Waals surface area contributed by atoms with E-state index in [0.29, 0.717) is 11.6 Å². The van der Waals surface area contributed by atoms with Gasteiger partial charge in [0.05, 0.1) is 0 Å². The second-order valence-corrected chi connectivity index (χ2v) is 3.81. The van der Waals surface area contributed by atoms with Crippen LogP contribution in [-0.4, -0.2) is 25.8 Å². The Morgan fingerprint density at radius 1 is 1.39 bits per heavy atom. The van der Waals surface area contributed by atoms with Crippen molar-refractivity contribution in [1.29, 1.82) is 0 Å². The van der Waals surface area contributed by atoms with E-state index >= 15 is 0 Å². The van der Waals surface area contributed by atoms with Crippen molar-refractivity contribution < 1.29 is 14.6 Å². The topological polar surface area (TPSA) is 77.2 Å². The molecule has 6 nitrogen and oxygen atoms in total. The molecule has 1 N–H and O–H groups in total. The Morgan fingerprint density at radius 3 is 2.72 bits per heavy atom. The summed E-state index contributed by atoms with van der Waals surface area (Å²) in [4.78, 5) is 11.0. The summed E-state index contributed by atoms with van der Waals surface area (Å²) in [6.45, 7) is 2.02. The number of benzene rings is 1. The first-order chi connectivity index (χ1) is 8.59.